The van der Waals surface area contributed by atoms with Crippen LogP contribution in [0.25, 0.3) is 0 Å². The van der Waals surface area contributed by atoms with E-state index in [0.29, 0.717) is 48.3 Å². The number of methoxy groups -OCH3 is 1. The Morgan fingerprint density at radius 3 is 2.46 bits per heavy atom. The van der Waals surface area contributed by atoms with Gasteiger partial charge in [-0.15, -0.1) is 0 Å². The number of aliphatic hydroxyl groups is 1. The molecule has 0 aliphatic carbocycles. The third kappa shape index (κ3) is 4.24. The molecule has 4 aromatic rings. The van der Waals surface area contributed by atoms with Crippen molar-refractivity contribution >= 4 is 29.1 Å². The number of hydrogen-bond donors (Lipinski definition) is 1. The van der Waals surface area contributed by atoms with Gasteiger partial charge in [-0.2, -0.15) is 4.73 Å². The molecule has 1 aliphatic rings. The van der Waals surface area contributed by atoms with Gasteiger partial charge in [0.2, 0.25) is 0 Å². The van der Waals surface area contributed by atoms with Crippen LogP contribution in [0.1, 0.15) is 45.2 Å². The van der Waals surface area contributed by atoms with Gasteiger partial charge in [-0.25, -0.2) is 0 Å². The summed E-state index contributed by atoms with van der Waals surface area (Å²) in [4.78, 5) is 20.0. The van der Waals surface area contributed by atoms with Crippen LogP contribution < -0.4 is 4.73 Å². The van der Waals surface area contributed by atoms with Crippen molar-refractivity contribution in [3.8, 4) is 0 Å². The Hall–Kier alpha value is -3.49. The minimum absolute atomic E-state index is 0.141. The van der Waals surface area contributed by atoms with E-state index in [1.807, 2.05) is 12.1 Å². The monoisotopic (exact) mass is 535 g/mol. The van der Waals surface area contributed by atoms with Gasteiger partial charge in [-0.3, -0.25) is 14.7 Å². The highest BCUT2D eigenvalue weighted by Crippen LogP contribution is 2.47. The van der Waals surface area contributed by atoms with Gasteiger partial charge in [-0.05, 0) is 48.9 Å². The standard InChI is InChI=1S/C28H23Cl2N3O4/c1-27(35,20-4-3-13-32(36)16-20)19-7-12-25-24(14-19)26(34)33(17-23-11-10-22(30)15-31-23)28(25,37-2)18-5-8-21(29)9-6-18/h3-16,35H,17H2,1-2H3/t27?,28-/m1/s1. The number of benzene rings is 2. The fraction of sp³-hybridized carbons (Fsp3) is 0.179. The van der Waals surface area contributed by atoms with E-state index < -0.39 is 11.3 Å². The molecule has 2 aromatic heterocycles. The third-order valence-corrected chi connectivity index (χ3v) is 7.25. The summed E-state index contributed by atoms with van der Waals surface area (Å²) in [6, 6.07) is 19.0. The van der Waals surface area contributed by atoms with Crippen LogP contribution in [-0.4, -0.2) is 28.0 Å². The van der Waals surface area contributed by atoms with Crippen molar-refractivity contribution in [1.82, 2.24) is 9.88 Å². The molecule has 1 aliphatic heterocycles. The molecule has 0 radical (unpaired) electrons. The van der Waals surface area contributed by atoms with Crippen LogP contribution >= 0.6 is 23.2 Å². The molecule has 0 bridgehead atoms. The van der Waals surface area contributed by atoms with Gasteiger partial charge in [0.05, 0.1) is 22.8 Å². The largest absolute Gasteiger partial charge is 0.619 e. The van der Waals surface area contributed by atoms with Crippen molar-refractivity contribution < 1.29 is 19.4 Å². The van der Waals surface area contributed by atoms with E-state index in [0.717, 1.165) is 0 Å². The third-order valence-electron chi connectivity index (χ3n) is 6.78. The Morgan fingerprint density at radius 1 is 1.08 bits per heavy atom. The average molecular weight is 536 g/mol. The maximum atomic E-state index is 14.0. The van der Waals surface area contributed by atoms with Gasteiger partial charge >= 0.3 is 0 Å². The maximum absolute atomic E-state index is 14.0. The van der Waals surface area contributed by atoms with Gasteiger partial charge < -0.3 is 15.1 Å². The Kier molecular flexibility index (Phi) is 6.41. The van der Waals surface area contributed by atoms with Gasteiger partial charge in [-0.1, -0.05) is 47.5 Å². The Balaban J connectivity index is 1.67. The Morgan fingerprint density at radius 2 is 1.81 bits per heavy atom. The first kappa shape index (κ1) is 25.2. The average Bonchev–Trinajstić information content (AvgIpc) is 3.13. The molecule has 2 atom stereocenters. The van der Waals surface area contributed by atoms with Crippen LogP contribution in [0.5, 0.6) is 0 Å². The number of halogens is 2. The van der Waals surface area contributed by atoms with Crippen molar-refractivity contribution in [2.24, 2.45) is 0 Å². The lowest BCUT2D eigenvalue weighted by Gasteiger charge is -2.38. The van der Waals surface area contributed by atoms with Crippen molar-refractivity contribution in [2.45, 2.75) is 24.8 Å². The first-order valence-corrected chi connectivity index (χ1v) is 12.2. The summed E-state index contributed by atoms with van der Waals surface area (Å²) in [5.74, 6) is -0.298. The molecule has 37 heavy (non-hydrogen) atoms. The number of nitrogens with zero attached hydrogens (tertiary/aromatic N) is 3. The van der Waals surface area contributed by atoms with Crippen molar-refractivity contribution in [2.75, 3.05) is 7.11 Å². The molecule has 0 fully saturated rings. The summed E-state index contributed by atoms with van der Waals surface area (Å²) in [5, 5.41) is 24.3. The summed E-state index contributed by atoms with van der Waals surface area (Å²) in [7, 11) is 1.54. The zero-order valence-electron chi connectivity index (χ0n) is 20.1. The second-order valence-corrected chi connectivity index (χ2v) is 9.87. The molecule has 9 heteroatoms. The van der Waals surface area contributed by atoms with E-state index in [9.17, 15) is 15.1 Å². The Bertz CT molecular complexity index is 1480. The number of carbonyl (C=O) groups excluding carboxylic acids is 1. The number of carbonyl (C=O) groups is 1. The van der Waals surface area contributed by atoms with Gasteiger partial charge in [0.1, 0.15) is 5.60 Å². The number of rotatable bonds is 6. The molecule has 188 valence electrons. The smallest absolute Gasteiger partial charge is 0.257 e. The van der Waals surface area contributed by atoms with Crippen molar-refractivity contribution in [3.63, 3.8) is 0 Å². The molecule has 0 saturated heterocycles. The molecule has 5 rings (SSSR count). The molecule has 1 amide bonds. The van der Waals surface area contributed by atoms with Gasteiger partial charge in [0.25, 0.3) is 5.91 Å². The molecule has 3 heterocycles. The highest BCUT2D eigenvalue weighted by molar-refractivity contribution is 6.30. The summed E-state index contributed by atoms with van der Waals surface area (Å²) in [5.41, 5.74) is 0.369. The molecule has 1 N–H and O–H groups in total. The van der Waals surface area contributed by atoms with Crippen LogP contribution in [0, 0.1) is 5.21 Å². The number of aromatic nitrogens is 2. The zero-order chi connectivity index (χ0) is 26.4. The number of fused-ring (bicyclic) bond motifs is 1. The number of hydrogen-bond acceptors (Lipinski definition) is 5. The van der Waals surface area contributed by atoms with E-state index >= 15 is 0 Å². The highest BCUT2D eigenvalue weighted by Gasteiger charge is 2.52. The Labute approximate surface area is 224 Å². The summed E-state index contributed by atoms with van der Waals surface area (Å²) in [6.07, 6.45) is 4.17. The number of ether oxygens (including phenoxy) is 1. The van der Waals surface area contributed by atoms with Crippen molar-refractivity contribution in [1.29, 1.82) is 0 Å². The molecule has 7 nitrogen and oxygen atoms in total. The molecular formula is C28H23Cl2N3O4. The van der Waals surface area contributed by atoms with E-state index in [1.165, 1.54) is 18.6 Å². The number of pyridine rings is 2. The van der Waals surface area contributed by atoms with Gasteiger partial charge in [0.15, 0.2) is 18.1 Å². The normalized spacial score (nSPS) is 18.5. The maximum Gasteiger partial charge on any atom is 0.257 e. The predicted molar refractivity (Wildman–Crippen MR) is 139 cm³/mol. The number of amides is 1. The van der Waals surface area contributed by atoms with Crippen LogP contribution in [0.2, 0.25) is 10.0 Å². The quantitative estimate of drug-likeness (QED) is 0.283. The van der Waals surface area contributed by atoms with Crippen LogP contribution in [-0.2, 0) is 22.6 Å². The van der Waals surface area contributed by atoms with E-state index in [-0.39, 0.29) is 12.5 Å². The fourth-order valence-electron chi connectivity index (χ4n) is 4.83. The lowest BCUT2D eigenvalue weighted by Crippen LogP contribution is -2.45. The first-order chi connectivity index (χ1) is 17.7. The summed E-state index contributed by atoms with van der Waals surface area (Å²) in [6.45, 7) is 1.73. The van der Waals surface area contributed by atoms with Crippen LogP contribution in [0.3, 0.4) is 0 Å². The second kappa shape index (κ2) is 9.43. The topological polar surface area (TPSA) is 89.6 Å². The van der Waals surface area contributed by atoms with Gasteiger partial charge in [0, 0.05) is 41.1 Å². The molecule has 2 aromatic carbocycles. The van der Waals surface area contributed by atoms with E-state index in [2.05, 4.69) is 4.98 Å². The molecule has 0 spiro atoms. The molecular weight excluding hydrogens is 513 g/mol. The first-order valence-electron chi connectivity index (χ1n) is 11.5. The lowest BCUT2D eigenvalue weighted by atomic mass is 9.85. The van der Waals surface area contributed by atoms with E-state index in [4.69, 9.17) is 27.9 Å². The van der Waals surface area contributed by atoms with E-state index in [1.54, 1.807) is 73.5 Å². The fourth-order valence-corrected chi connectivity index (χ4v) is 5.07. The minimum atomic E-state index is -1.52. The summed E-state index contributed by atoms with van der Waals surface area (Å²) < 4.78 is 6.78. The lowest BCUT2D eigenvalue weighted by molar-refractivity contribution is -0.606. The van der Waals surface area contributed by atoms with Crippen LogP contribution in [0.15, 0.2) is 85.3 Å². The summed E-state index contributed by atoms with van der Waals surface area (Å²) >= 11 is 12.2. The second-order valence-electron chi connectivity index (χ2n) is 9.00. The highest BCUT2D eigenvalue weighted by atomic mass is 35.5. The molecule has 1 unspecified atom stereocenters. The van der Waals surface area contributed by atoms with Crippen LogP contribution in [0.4, 0.5) is 0 Å². The molecule has 0 saturated carbocycles. The SMILES string of the molecule is CO[C@]1(c2ccc(Cl)cc2)c2ccc(C(C)(O)c3ccc[n+]([O-])c3)cc2C(=O)N1Cc1ccc(Cl)cn1. The predicted octanol–water partition coefficient (Wildman–Crippen LogP) is 4.78. The zero-order valence-corrected chi connectivity index (χ0v) is 21.6. The minimum Gasteiger partial charge on any atom is -0.619 e. The van der Waals surface area contributed by atoms with Crippen molar-refractivity contribution in [3.05, 3.63) is 134 Å².